The van der Waals surface area contributed by atoms with Crippen molar-refractivity contribution >= 4 is 29.2 Å². The third-order valence-corrected chi connectivity index (χ3v) is 4.48. The molecule has 0 bridgehead atoms. The summed E-state index contributed by atoms with van der Waals surface area (Å²) in [6.07, 6.45) is -0.425. The number of fused-ring (bicyclic) bond motifs is 1. The average molecular weight is 374 g/mol. The molecule has 1 aliphatic rings. The first kappa shape index (κ1) is 18.3. The van der Waals surface area contributed by atoms with Gasteiger partial charge in [-0.25, -0.2) is 0 Å². The van der Waals surface area contributed by atoms with E-state index < -0.39 is 18.0 Å². The lowest BCUT2D eigenvalue weighted by Crippen LogP contribution is -2.36. The fourth-order valence-electron chi connectivity index (χ4n) is 2.72. The van der Waals surface area contributed by atoms with Crippen LogP contribution in [0.5, 0.6) is 5.75 Å². The van der Waals surface area contributed by atoms with Crippen molar-refractivity contribution in [1.82, 2.24) is 0 Å². The van der Waals surface area contributed by atoms with Crippen LogP contribution in [0.3, 0.4) is 0 Å². The number of ether oxygens (including phenoxy) is 2. The molecule has 0 fully saturated rings. The normalized spacial score (nSPS) is 16.8. The Morgan fingerprint density at radius 2 is 1.96 bits per heavy atom. The molecular formula is C20H20ClNO4. The van der Waals surface area contributed by atoms with Gasteiger partial charge in [0.15, 0.2) is 6.10 Å². The number of hydrogen-bond acceptors (Lipinski definition) is 4. The van der Waals surface area contributed by atoms with Gasteiger partial charge in [-0.2, -0.15) is 0 Å². The van der Waals surface area contributed by atoms with E-state index in [-0.39, 0.29) is 12.5 Å². The van der Waals surface area contributed by atoms with E-state index in [9.17, 15) is 9.59 Å². The predicted octanol–water partition coefficient (Wildman–Crippen LogP) is 3.77. The number of carbonyl (C=O) groups excluding carboxylic acids is 2. The molecule has 136 valence electrons. The van der Waals surface area contributed by atoms with E-state index in [1.807, 2.05) is 19.1 Å². The zero-order valence-corrected chi connectivity index (χ0v) is 15.4. The molecule has 1 N–H and O–H groups in total. The van der Waals surface area contributed by atoms with Crippen LogP contribution < -0.4 is 10.1 Å². The number of esters is 1. The van der Waals surface area contributed by atoms with E-state index in [1.54, 1.807) is 37.3 Å². The van der Waals surface area contributed by atoms with Crippen LogP contribution in [0.2, 0.25) is 5.02 Å². The van der Waals surface area contributed by atoms with Crippen molar-refractivity contribution in [2.75, 3.05) is 11.9 Å². The summed E-state index contributed by atoms with van der Waals surface area (Å²) in [5.41, 5.74) is 2.62. The van der Waals surface area contributed by atoms with Gasteiger partial charge in [-0.05, 0) is 56.2 Å². The summed E-state index contributed by atoms with van der Waals surface area (Å²) in [6.45, 7) is 3.74. The molecule has 0 aliphatic carbocycles. The number of halogens is 1. The number of carbonyl (C=O) groups is 2. The van der Waals surface area contributed by atoms with E-state index in [2.05, 4.69) is 5.32 Å². The Morgan fingerprint density at radius 1 is 1.23 bits per heavy atom. The molecule has 0 saturated heterocycles. The van der Waals surface area contributed by atoms with Crippen LogP contribution in [0, 0.1) is 12.8 Å². The van der Waals surface area contributed by atoms with Crippen molar-refractivity contribution in [1.29, 1.82) is 0 Å². The molecule has 0 aromatic heterocycles. The molecule has 26 heavy (non-hydrogen) atoms. The van der Waals surface area contributed by atoms with Gasteiger partial charge in [0, 0.05) is 10.7 Å². The highest BCUT2D eigenvalue weighted by atomic mass is 35.5. The van der Waals surface area contributed by atoms with Crippen LogP contribution >= 0.6 is 11.6 Å². The molecule has 1 aliphatic heterocycles. The highest BCUT2D eigenvalue weighted by Gasteiger charge is 2.30. The minimum atomic E-state index is -0.899. The molecule has 0 unspecified atom stereocenters. The Kier molecular flexibility index (Phi) is 5.47. The standard InChI is InChI=1S/C20H20ClNO4/c1-12-3-6-17(7-4-12)22-19(23)13(2)26-20(24)15-9-14-10-16(21)5-8-18(14)25-11-15/h3-8,10,13,15H,9,11H2,1-2H3,(H,22,23)/t13-,15-/m1/s1. The summed E-state index contributed by atoms with van der Waals surface area (Å²) in [6, 6.07) is 12.7. The zero-order valence-electron chi connectivity index (χ0n) is 14.6. The Hall–Kier alpha value is -2.53. The van der Waals surface area contributed by atoms with E-state index in [0.29, 0.717) is 17.1 Å². The van der Waals surface area contributed by atoms with E-state index in [1.165, 1.54) is 0 Å². The second-order valence-corrected chi connectivity index (χ2v) is 6.83. The quantitative estimate of drug-likeness (QED) is 0.828. The molecule has 0 saturated carbocycles. The van der Waals surface area contributed by atoms with Gasteiger partial charge >= 0.3 is 5.97 Å². The highest BCUT2D eigenvalue weighted by molar-refractivity contribution is 6.30. The first-order valence-corrected chi connectivity index (χ1v) is 8.79. The summed E-state index contributed by atoms with van der Waals surface area (Å²) in [4.78, 5) is 24.6. The van der Waals surface area contributed by atoms with Crippen LogP contribution in [-0.2, 0) is 20.7 Å². The van der Waals surface area contributed by atoms with Crippen LogP contribution in [0.4, 0.5) is 5.69 Å². The van der Waals surface area contributed by atoms with Gasteiger partial charge in [-0.1, -0.05) is 29.3 Å². The maximum absolute atomic E-state index is 12.4. The molecule has 1 amide bonds. The topological polar surface area (TPSA) is 64.6 Å². The van der Waals surface area contributed by atoms with Crippen molar-refractivity contribution in [3.63, 3.8) is 0 Å². The SMILES string of the molecule is Cc1ccc(NC(=O)[C@@H](C)OC(=O)[C@H]2COc3ccc(Cl)cc3C2)cc1. The van der Waals surface area contributed by atoms with Gasteiger partial charge < -0.3 is 14.8 Å². The molecule has 2 atom stereocenters. The summed E-state index contributed by atoms with van der Waals surface area (Å²) >= 11 is 5.99. The van der Waals surface area contributed by atoms with Gasteiger partial charge in [-0.15, -0.1) is 0 Å². The number of amides is 1. The molecule has 3 rings (SSSR count). The molecule has 0 radical (unpaired) electrons. The van der Waals surface area contributed by atoms with E-state index >= 15 is 0 Å². The summed E-state index contributed by atoms with van der Waals surface area (Å²) in [5, 5.41) is 3.33. The number of nitrogens with one attached hydrogen (secondary N) is 1. The molecule has 1 heterocycles. The van der Waals surface area contributed by atoms with Crippen LogP contribution in [0.15, 0.2) is 42.5 Å². The van der Waals surface area contributed by atoms with Crippen molar-refractivity contribution in [2.24, 2.45) is 5.92 Å². The summed E-state index contributed by atoms with van der Waals surface area (Å²) < 4.78 is 10.9. The lowest BCUT2D eigenvalue weighted by molar-refractivity contribution is -0.158. The lowest BCUT2D eigenvalue weighted by Gasteiger charge is -2.25. The first-order valence-electron chi connectivity index (χ1n) is 8.41. The number of hydrogen-bond donors (Lipinski definition) is 1. The summed E-state index contributed by atoms with van der Waals surface area (Å²) in [5.74, 6) is -0.566. The first-order chi connectivity index (χ1) is 12.4. The minimum Gasteiger partial charge on any atom is -0.492 e. The van der Waals surface area contributed by atoms with Crippen molar-refractivity contribution in [3.05, 3.63) is 58.6 Å². The van der Waals surface area contributed by atoms with Gasteiger partial charge in [0.2, 0.25) is 0 Å². The second-order valence-electron chi connectivity index (χ2n) is 6.40. The van der Waals surface area contributed by atoms with Crippen molar-refractivity contribution in [3.8, 4) is 5.75 Å². The Bertz CT molecular complexity index is 819. The monoisotopic (exact) mass is 373 g/mol. The maximum atomic E-state index is 12.4. The number of anilines is 1. The fourth-order valence-corrected chi connectivity index (χ4v) is 2.91. The summed E-state index contributed by atoms with van der Waals surface area (Å²) in [7, 11) is 0. The molecule has 2 aromatic carbocycles. The van der Waals surface area contributed by atoms with Crippen LogP contribution in [0.25, 0.3) is 0 Å². The smallest absolute Gasteiger partial charge is 0.313 e. The molecular weight excluding hydrogens is 354 g/mol. The lowest BCUT2D eigenvalue weighted by atomic mass is 9.97. The second kappa shape index (κ2) is 7.79. The highest BCUT2D eigenvalue weighted by Crippen LogP contribution is 2.30. The van der Waals surface area contributed by atoms with Gasteiger partial charge in [0.1, 0.15) is 12.4 Å². The Labute approximate surface area is 157 Å². The van der Waals surface area contributed by atoms with E-state index in [0.717, 1.165) is 16.9 Å². The molecule has 5 nitrogen and oxygen atoms in total. The van der Waals surface area contributed by atoms with E-state index in [4.69, 9.17) is 21.1 Å². The van der Waals surface area contributed by atoms with Gasteiger partial charge in [0.05, 0.1) is 5.92 Å². The van der Waals surface area contributed by atoms with Crippen molar-refractivity contribution in [2.45, 2.75) is 26.4 Å². The predicted molar refractivity (Wildman–Crippen MR) is 99.5 cm³/mol. The number of benzene rings is 2. The number of aryl methyl sites for hydroxylation is 1. The fraction of sp³-hybridized carbons (Fsp3) is 0.300. The van der Waals surface area contributed by atoms with Crippen LogP contribution in [-0.4, -0.2) is 24.6 Å². The third-order valence-electron chi connectivity index (χ3n) is 4.24. The Morgan fingerprint density at radius 3 is 2.69 bits per heavy atom. The zero-order chi connectivity index (χ0) is 18.7. The van der Waals surface area contributed by atoms with Crippen LogP contribution in [0.1, 0.15) is 18.1 Å². The third kappa shape index (κ3) is 4.35. The molecule has 2 aromatic rings. The minimum absolute atomic E-state index is 0.222. The van der Waals surface area contributed by atoms with Crippen molar-refractivity contribution < 1.29 is 19.1 Å². The number of rotatable bonds is 4. The van der Waals surface area contributed by atoms with Gasteiger partial charge in [0.25, 0.3) is 5.91 Å². The largest absolute Gasteiger partial charge is 0.492 e. The average Bonchev–Trinajstić information content (AvgIpc) is 2.62. The molecule has 0 spiro atoms. The Balaban J connectivity index is 1.57. The molecule has 6 heteroatoms. The maximum Gasteiger partial charge on any atom is 0.313 e. The van der Waals surface area contributed by atoms with Gasteiger partial charge in [-0.3, -0.25) is 9.59 Å².